The van der Waals surface area contributed by atoms with Gasteiger partial charge in [-0.2, -0.15) is 0 Å². The zero-order valence-electron chi connectivity index (χ0n) is 11.6. The van der Waals surface area contributed by atoms with Crippen LogP contribution < -0.4 is 10.1 Å². The maximum Gasteiger partial charge on any atom is 0.247 e. The normalized spacial score (nSPS) is 16.7. The number of hydrogen-bond donors (Lipinski definition) is 1. The van der Waals surface area contributed by atoms with Gasteiger partial charge in [-0.1, -0.05) is 18.2 Å². The van der Waals surface area contributed by atoms with Crippen LogP contribution in [0.2, 0.25) is 5.02 Å². The first-order valence-corrected chi connectivity index (χ1v) is 7.04. The fourth-order valence-corrected chi connectivity index (χ4v) is 2.34. The summed E-state index contributed by atoms with van der Waals surface area (Å²) in [5.41, 5.74) is 0.585. The Kier molecular flexibility index (Phi) is 5.04. The average Bonchev–Trinajstić information content (AvgIpc) is 2.44. The van der Waals surface area contributed by atoms with Gasteiger partial charge in [0.25, 0.3) is 0 Å². The van der Waals surface area contributed by atoms with E-state index in [0.29, 0.717) is 16.5 Å². The molecule has 0 spiro atoms. The van der Waals surface area contributed by atoms with Crippen molar-refractivity contribution in [2.75, 3.05) is 25.5 Å². The SMILES string of the molecule is C=CC(=O)Nc1cc(Cl)ccc1OC1CCN(C)CC1. The Hall–Kier alpha value is -1.52. The molecule has 0 radical (unpaired) electrons. The second kappa shape index (κ2) is 6.77. The molecule has 1 aliphatic rings. The van der Waals surface area contributed by atoms with Crippen LogP contribution in [0.25, 0.3) is 0 Å². The summed E-state index contributed by atoms with van der Waals surface area (Å²) in [6.45, 7) is 5.48. The van der Waals surface area contributed by atoms with Crippen molar-refractivity contribution in [3.8, 4) is 5.75 Å². The van der Waals surface area contributed by atoms with Crippen LogP contribution in [0.1, 0.15) is 12.8 Å². The molecular formula is C15H19ClN2O2. The Balaban J connectivity index is 2.10. The minimum absolute atomic E-state index is 0.173. The molecule has 1 fully saturated rings. The molecule has 2 rings (SSSR count). The Labute approximate surface area is 124 Å². The number of carbonyl (C=O) groups is 1. The second-order valence-corrected chi connectivity index (χ2v) is 5.39. The Bertz CT molecular complexity index is 497. The summed E-state index contributed by atoms with van der Waals surface area (Å²) in [6, 6.07) is 5.24. The zero-order chi connectivity index (χ0) is 14.5. The molecule has 1 aromatic carbocycles. The minimum Gasteiger partial charge on any atom is -0.488 e. The van der Waals surface area contributed by atoms with Gasteiger partial charge in [-0.05, 0) is 44.2 Å². The van der Waals surface area contributed by atoms with Crippen molar-refractivity contribution in [2.24, 2.45) is 0 Å². The molecule has 1 N–H and O–H groups in total. The lowest BCUT2D eigenvalue weighted by Crippen LogP contribution is -2.35. The van der Waals surface area contributed by atoms with Gasteiger partial charge in [-0.25, -0.2) is 0 Å². The molecule has 0 aromatic heterocycles. The standard InChI is InChI=1S/C15H19ClN2O2/c1-3-15(19)17-13-10-11(16)4-5-14(13)20-12-6-8-18(2)9-7-12/h3-5,10,12H,1,6-9H2,2H3,(H,17,19). The number of rotatable bonds is 4. The van der Waals surface area contributed by atoms with Gasteiger partial charge in [0.2, 0.25) is 5.91 Å². The van der Waals surface area contributed by atoms with Gasteiger partial charge < -0.3 is 15.0 Å². The van der Waals surface area contributed by atoms with E-state index in [1.54, 1.807) is 18.2 Å². The van der Waals surface area contributed by atoms with Gasteiger partial charge in [0, 0.05) is 18.1 Å². The molecule has 1 heterocycles. The number of hydrogen-bond acceptors (Lipinski definition) is 3. The first-order valence-electron chi connectivity index (χ1n) is 6.66. The van der Waals surface area contributed by atoms with E-state index in [9.17, 15) is 4.79 Å². The van der Waals surface area contributed by atoms with Crippen LogP contribution in [0.3, 0.4) is 0 Å². The molecule has 1 aromatic rings. The van der Waals surface area contributed by atoms with E-state index in [1.165, 1.54) is 6.08 Å². The minimum atomic E-state index is -0.277. The lowest BCUT2D eigenvalue weighted by Gasteiger charge is -2.29. The largest absolute Gasteiger partial charge is 0.488 e. The van der Waals surface area contributed by atoms with Crippen molar-refractivity contribution in [2.45, 2.75) is 18.9 Å². The molecule has 20 heavy (non-hydrogen) atoms. The van der Waals surface area contributed by atoms with Crippen LogP contribution in [0.4, 0.5) is 5.69 Å². The Morgan fingerprint density at radius 1 is 1.50 bits per heavy atom. The number of nitrogens with one attached hydrogen (secondary N) is 1. The lowest BCUT2D eigenvalue weighted by molar-refractivity contribution is -0.111. The quantitative estimate of drug-likeness (QED) is 0.868. The number of carbonyl (C=O) groups excluding carboxylic acids is 1. The lowest BCUT2D eigenvalue weighted by atomic mass is 10.1. The highest BCUT2D eigenvalue weighted by molar-refractivity contribution is 6.31. The van der Waals surface area contributed by atoms with Crippen LogP contribution in [0, 0.1) is 0 Å². The number of piperidine rings is 1. The molecule has 4 nitrogen and oxygen atoms in total. The topological polar surface area (TPSA) is 41.6 Å². The first kappa shape index (κ1) is 14.9. The molecular weight excluding hydrogens is 276 g/mol. The highest BCUT2D eigenvalue weighted by Crippen LogP contribution is 2.30. The number of ether oxygens (including phenoxy) is 1. The average molecular weight is 295 g/mol. The molecule has 5 heteroatoms. The Morgan fingerprint density at radius 3 is 2.85 bits per heavy atom. The highest BCUT2D eigenvalue weighted by Gasteiger charge is 2.19. The summed E-state index contributed by atoms with van der Waals surface area (Å²) in [6.07, 6.45) is 3.36. The molecule has 1 amide bonds. The maximum atomic E-state index is 11.4. The number of likely N-dealkylation sites (tertiary alicyclic amines) is 1. The van der Waals surface area contributed by atoms with Crippen LogP contribution in [0.5, 0.6) is 5.75 Å². The molecule has 0 saturated carbocycles. The van der Waals surface area contributed by atoms with Gasteiger partial charge in [0.1, 0.15) is 11.9 Å². The third-order valence-electron chi connectivity index (χ3n) is 3.34. The predicted molar refractivity (Wildman–Crippen MR) is 81.4 cm³/mol. The van der Waals surface area contributed by atoms with Gasteiger partial charge in [-0.3, -0.25) is 4.79 Å². The highest BCUT2D eigenvalue weighted by atomic mass is 35.5. The number of amides is 1. The predicted octanol–water partition coefficient (Wildman–Crippen LogP) is 2.94. The first-order chi connectivity index (χ1) is 9.58. The van der Waals surface area contributed by atoms with E-state index in [2.05, 4.69) is 23.8 Å². The molecule has 108 valence electrons. The monoisotopic (exact) mass is 294 g/mol. The van der Waals surface area contributed by atoms with E-state index in [4.69, 9.17) is 16.3 Å². The third kappa shape index (κ3) is 3.99. The molecule has 0 bridgehead atoms. The van der Waals surface area contributed by atoms with Gasteiger partial charge >= 0.3 is 0 Å². The van der Waals surface area contributed by atoms with Gasteiger partial charge in [0.05, 0.1) is 5.69 Å². The molecule has 0 atom stereocenters. The van der Waals surface area contributed by atoms with Crippen LogP contribution >= 0.6 is 11.6 Å². The van der Waals surface area contributed by atoms with Crippen LogP contribution in [-0.4, -0.2) is 37.0 Å². The van der Waals surface area contributed by atoms with Crippen molar-refractivity contribution < 1.29 is 9.53 Å². The van der Waals surface area contributed by atoms with Crippen LogP contribution in [-0.2, 0) is 4.79 Å². The van der Waals surface area contributed by atoms with E-state index < -0.39 is 0 Å². The van der Waals surface area contributed by atoms with Gasteiger partial charge in [0.15, 0.2) is 0 Å². The second-order valence-electron chi connectivity index (χ2n) is 4.95. The van der Waals surface area contributed by atoms with Crippen molar-refractivity contribution in [1.82, 2.24) is 4.90 Å². The number of nitrogens with zero attached hydrogens (tertiary/aromatic N) is 1. The van der Waals surface area contributed by atoms with E-state index >= 15 is 0 Å². The summed E-state index contributed by atoms with van der Waals surface area (Å²) in [7, 11) is 2.11. The summed E-state index contributed by atoms with van der Waals surface area (Å²) in [5, 5.41) is 3.28. The van der Waals surface area contributed by atoms with E-state index in [1.807, 2.05) is 0 Å². The summed E-state index contributed by atoms with van der Waals surface area (Å²) >= 11 is 5.97. The van der Waals surface area contributed by atoms with Crippen LogP contribution in [0.15, 0.2) is 30.9 Å². The van der Waals surface area contributed by atoms with Gasteiger partial charge in [-0.15, -0.1) is 0 Å². The number of anilines is 1. The van der Waals surface area contributed by atoms with E-state index in [0.717, 1.165) is 25.9 Å². The number of benzene rings is 1. The summed E-state index contributed by atoms with van der Waals surface area (Å²) in [5.74, 6) is 0.375. The number of halogens is 1. The summed E-state index contributed by atoms with van der Waals surface area (Å²) in [4.78, 5) is 13.7. The summed E-state index contributed by atoms with van der Waals surface area (Å²) < 4.78 is 6.00. The van der Waals surface area contributed by atoms with E-state index in [-0.39, 0.29) is 12.0 Å². The molecule has 0 unspecified atom stereocenters. The van der Waals surface area contributed by atoms with Crippen molar-refractivity contribution in [1.29, 1.82) is 0 Å². The zero-order valence-corrected chi connectivity index (χ0v) is 12.3. The molecule has 1 saturated heterocycles. The molecule has 0 aliphatic carbocycles. The molecule has 1 aliphatic heterocycles. The fraction of sp³-hybridized carbons (Fsp3) is 0.400. The Morgan fingerprint density at radius 2 is 2.20 bits per heavy atom. The smallest absolute Gasteiger partial charge is 0.247 e. The van der Waals surface area contributed by atoms with Crippen molar-refractivity contribution >= 4 is 23.2 Å². The van der Waals surface area contributed by atoms with Crippen molar-refractivity contribution in [3.05, 3.63) is 35.9 Å². The maximum absolute atomic E-state index is 11.4. The fourth-order valence-electron chi connectivity index (χ4n) is 2.17. The third-order valence-corrected chi connectivity index (χ3v) is 3.58. The van der Waals surface area contributed by atoms with Crippen molar-refractivity contribution in [3.63, 3.8) is 0 Å².